The van der Waals surface area contributed by atoms with Crippen molar-refractivity contribution in [3.05, 3.63) is 36.5 Å². The van der Waals surface area contributed by atoms with Gasteiger partial charge in [0.25, 0.3) is 0 Å². The molecule has 1 aliphatic heterocycles. The van der Waals surface area contributed by atoms with E-state index in [2.05, 4.69) is 53.1 Å². The molecule has 1 fully saturated rings. The average Bonchev–Trinajstić information content (AvgIpc) is 2.47. The molecule has 0 unspecified atom stereocenters. The van der Waals surface area contributed by atoms with E-state index in [4.69, 9.17) is 0 Å². The highest BCUT2D eigenvalue weighted by Crippen LogP contribution is 2.24. The number of benzene rings is 1. The molecule has 2 heterocycles. The van der Waals surface area contributed by atoms with Crippen molar-refractivity contribution in [3.63, 3.8) is 0 Å². The molecule has 0 atom stereocenters. The topological polar surface area (TPSA) is 19.4 Å². The highest BCUT2D eigenvalue weighted by Gasteiger charge is 2.21. The first-order valence-electron chi connectivity index (χ1n) is 7.00. The van der Waals surface area contributed by atoms with E-state index in [0.29, 0.717) is 6.04 Å². The summed E-state index contributed by atoms with van der Waals surface area (Å²) < 4.78 is 0. The third kappa shape index (κ3) is 2.56. The van der Waals surface area contributed by atoms with E-state index >= 15 is 0 Å². The number of nitrogens with zero attached hydrogens (tertiary/aromatic N) is 3. The highest BCUT2D eigenvalue weighted by molar-refractivity contribution is 5.81. The lowest BCUT2D eigenvalue weighted by molar-refractivity contribution is 0.253. The minimum atomic E-state index is 0.638. The summed E-state index contributed by atoms with van der Waals surface area (Å²) in [6, 6.07) is 11.2. The maximum atomic E-state index is 4.56. The normalized spacial score (nSPS) is 17.8. The molecular formula is C16H21N3. The smallest absolute Gasteiger partial charge is 0.0703 e. The van der Waals surface area contributed by atoms with Crippen molar-refractivity contribution in [2.24, 2.45) is 0 Å². The van der Waals surface area contributed by atoms with Gasteiger partial charge in [0.15, 0.2) is 0 Å². The van der Waals surface area contributed by atoms with Crippen LogP contribution in [-0.4, -0.2) is 43.1 Å². The molecule has 1 aromatic carbocycles. The fraction of sp³-hybridized carbons (Fsp3) is 0.438. The van der Waals surface area contributed by atoms with Crippen LogP contribution in [-0.2, 0) is 0 Å². The Morgan fingerprint density at radius 2 is 1.95 bits per heavy atom. The summed E-state index contributed by atoms with van der Waals surface area (Å²) >= 11 is 0. The van der Waals surface area contributed by atoms with Crippen molar-refractivity contribution in [2.45, 2.75) is 18.9 Å². The summed E-state index contributed by atoms with van der Waals surface area (Å²) in [4.78, 5) is 9.36. The predicted octanol–water partition coefficient (Wildman–Crippen LogP) is 2.77. The second-order valence-electron chi connectivity index (χ2n) is 5.53. The van der Waals surface area contributed by atoms with Gasteiger partial charge in [0.1, 0.15) is 0 Å². The number of para-hydroxylation sites is 1. The largest absolute Gasteiger partial charge is 0.370 e. The number of fused-ring (bicyclic) bond motifs is 1. The lowest BCUT2D eigenvalue weighted by Gasteiger charge is -2.36. The van der Waals surface area contributed by atoms with Crippen LogP contribution in [0.4, 0.5) is 5.69 Å². The molecule has 1 saturated heterocycles. The maximum Gasteiger partial charge on any atom is 0.0703 e. The number of hydrogen-bond donors (Lipinski definition) is 0. The summed E-state index contributed by atoms with van der Waals surface area (Å²) in [6.45, 7) is 2.38. The zero-order valence-corrected chi connectivity index (χ0v) is 11.7. The maximum absolute atomic E-state index is 4.56. The van der Waals surface area contributed by atoms with E-state index in [1.807, 2.05) is 12.3 Å². The summed E-state index contributed by atoms with van der Waals surface area (Å²) in [5, 5.41) is 1.22. The van der Waals surface area contributed by atoms with Crippen molar-refractivity contribution in [2.75, 3.05) is 32.1 Å². The molecule has 100 valence electrons. The van der Waals surface area contributed by atoms with Crippen LogP contribution in [0, 0.1) is 0 Å². The number of aromatic nitrogens is 1. The zero-order valence-electron chi connectivity index (χ0n) is 11.7. The van der Waals surface area contributed by atoms with Gasteiger partial charge in [-0.15, -0.1) is 0 Å². The third-order valence-electron chi connectivity index (χ3n) is 4.22. The standard InChI is InChI=1S/C16H21N3/c1-18-9-7-14(8-10-18)19(2)15-11-13-5-3-4-6-16(13)17-12-15/h3-6,11-12,14H,7-10H2,1-2H3. The predicted molar refractivity (Wildman–Crippen MR) is 80.7 cm³/mol. The highest BCUT2D eigenvalue weighted by atomic mass is 15.2. The first-order chi connectivity index (χ1) is 9.24. The Morgan fingerprint density at radius 3 is 2.74 bits per heavy atom. The molecule has 0 aliphatic carbocycles. The van der Waals surface area contributed by atoms with E-state index < -0.39 is 0 Å². The Hall–Kier alpha value is -1.61. The van der Waals surface area contributed by atoms with Crippen LogP contribution in [0.2, 0.25) is 0 Å². The number of anilines is 1. The molecule has 0 amide bonds. The molecule has 3 nitrogen and oxygen atoms in total. The lowest BCUT2D eigenvalue weighted by atomic mass is 10.0. The van der Waals surface area contributed by atoms with Gasteiger partial charge in [0, 0.05) is 18.5 Å². The van der Waals surface area contributed by atoms with Crippen LogP contribution in [0.1, 0.15) is 12.8 Å². The van der Waals surface area contributed by atoms with Crippen molar-refractivity contribution in [1.82, 2.24) is 9.88 Å². The third-order valence-corrected chi connectivity index (χ3v) is 4.22. The Kier molecular flexibility index (Phi) is 3.38. The number of piperidine rings is 1. The Balaban J connectivity index is 1.83. The van der Waals surface area contributed by atoms with Crippen LogP contribution in [0.15, 0.2) is 36.5 Å². The SMILES string of the molecule is CN1CCC(N(C)c2cnc3ccccc3c2)CC1. The first-order valence-corrected chi connectivity index (χ1v) is 7.00. The second kappa shape index (κ2) is 5.17. The van der Waals surface area contributed by atoms with Gasteiger partial charge in [0.05, 0.1) is 17.4 Å². The number of hydrogen-bond acceptors (Lipinski definition) is 3. The molecule has 2 aromatic rings. The molecule has 1 aromatic heterocycles. The van der Waals surface area contributed by atoms with E-state index in [1.165, 1.54) is 37.0 Å². The van der Waals surface area contributed by atoms with E-state index in [-0.39, 0.29) is 0 Å². The van der Waals surface area contributed by atoms with E-state index in [0.717, 1.165) is 5.52 Å². The van der Waals surface area contributed by atoms with Gasteiger partial charge in [-0.2, -0.15) is 0 Å². The minimum Gasteiger partial charge on any atom is -0.370 e. The summed E-state index contributed by atoms with van der Waals surface area (Å²) in [7, 11) is 4.40. The van der Waals surface area contributed by atoms with Crippen LogP contribution >= 0.6 is 0 Å². The van der Waals surface area contributed by atoms with Crippen LogP contribution in [0.5, 0.6) is 0 Å². The Bertz CT molecular complexity index is 559. The molecule has 3 rings (SSSR count). The van der Waals surface area contributed by atoms with Gasteiger partial charge in [-0.3, -0.25) is 4.98 Å². The molecule has 0 N–H and O–H groups in total. The van der Waals surface area contributed by atoms with Gasteiger partial charge < -0.3 is 9.80 Å². The van der Waals surface area contributed by atoms with Gasteiger partial charge in [-0.25, -0.2) is 0 Å². The monoisotopic (exact) mass is 255 g/mol. The van der Waals surface area contributed by atoms with E-state index in [1.54, 1.807) is 0 Å². The molecule has 0 radical (unpaired) electrons. The molecule has 1 aliphatic rings. The number of rotatable bonds is 2. The first kappa shape index (κ1) is 12.4. The zero-order chi connectivity index (χ0) is 13.2. The molecule has 0 spiro atoms. The molecule has 3 heteroatoms. The number of likely N-dealkylation sites (tertiary alicyclic amines) is 1. The summed E-state index contributed by atoms with van der Waals surface area (Å²) in [6.07, 6.45) is 4.47. The van der Waals surface area contributed by atoms with Gasteiger partial charge in [0.2, 0.25) is 0 Å². The van der Waals surface area contributed by atoms with Crippen molar-refractivity contribution >= 4 is 16.6 Å². The fourth-order valence-corrected chi connectivity index (χ4v) is 2.85. The van der Waals surface area contributed by atoms with Crippen molar-refractivity contribution < 1.29 is 0 Å². The average molecular weight is 255 g/mol. The molecule has 19 heavy (non-hydrogen) atoms. The van der Waals surface area contributed by atoms with Crippen LogP contribution in [0.3, 0.4) is 0 Å². The van der Waals surface area contributed by atoms with Crippen LogP contribution < -0.4 is 4.90 Å². The molecule has 0 saturated carbocycles. The lowest BCUT2D eigenvalue weighted by Crippen LogP contribution is -2.42. The Morgan fingerprint density at radius 1 is 1.21 bits per heavy atom. The van der Waals surface area contributed by atoms with E-state index in [9.17, 15) is 0 Å². The minimum absolute atomic E-state index is 0.638. The van der Waals surface area contributed by atoms with Gasteiger partial charge >= 0.3 is 0 Å². The Labute approximate surface area is 114 Å². The van der Waals surface area contributed by atoms with Crippen molar-refractivity contribution in [1.29, 1.82) is 0 Å². The summed E-state index contributed by atoms with van der Waals surface area (Å²) in [5.41, 5.74) is 2.30. The quantitative estimate of drug-likeness (QED) is 0.822. The molecule has 0 bridgehead atoms. The van der Waals surface area contributed by atoms with Crippen LogP contribution in [0.25, 0.3) is 10.9 Å². The number of pyridine rings is 1. The fourth-order valence-electron chi connectivity index (χ4n) is 2.85. The van der Waals surface area contributed by atoms with Crippen molar-refractivity contribution in [3.8, 4) is 0 Å². The van der Waals surface area contributed by atoms with Gasteiger partial charge in [-0.05, 0) is 45.1 Å². The molecular weight excluding hydrogens is 234 g/mol. The van der Waals surface area contributed by atoms with Gasteiger partial charge in [-0.1, -0.05) is 18.2 Å². The second-order valence-corrected chi connectivity index (χ2v) is 5.53. The summed E-state index contributed by atoms with van der Waals surface area (Å²) in [5.74, 6) is 0.